The molecule has 0 saturated heterocycles. The molecule has 0 radical (unpaired) electrons. The number of phenols is 2. The quantitative estimate of drug-likeness (QED) is 0.302. The van der Waals surface area contributed by atoms with Crippen LogP contribution in [0.4, 0.5) is 0 Å². The third-order valence-electron chi connectivity index (χ3n) is 6.46. The monoisotopic (exact) mass is 457 g/mol. The summed E-state index contributed by atoms with van der Waals surface area (Å²) in [6, 6.07) is 25.2. The van der Waals surface area contributed by atoms with Crippen molar-refractivity contribution in [2.75, 3.05) is 0 Å². The predicted molar refractivity (Wildman–Crippen MR) is 135 cm³/mol. The van der Waals surface area contributed by atoms with E-state index in [4.69, 9.17) is 4.98 Å². The molecule has 5 heteroatoms. The van der Waals surface area contributed by atoms with Crippen LogP contribution in [-0.4, -0.2) is 26.8 Å². The standard InChI is InChI=1S/C30H19NO4/c1-16-12-13-21-19(14-16)15-20-26(31-21)25-24(30(35)27(20)32)22(17-8-4-2-5-9-17)28(33)23(29(25)34)18-10-6-3-7-11-18/h2-15,33-34H,1H3. The minimum absolute atomic E-state index is 0.0395. The Morgan fingerprint density at radius 1 is 0.629 bits per heavy atom. The van der Waals surface area contributed by atoms with Gasteiger partial charge in [-0.1, -0.05) is 72.3 Å². The Morgan fingerprint density at radius 2 is 1.23 bits per heavy atom. The number of Topliss-reactive ketones (excluding diaryl/α,β-unsaturated/α-hetero) is 2. The van der Waals surface area contributed by atoms with Gasteiger partial charge in [-0.05, 0) is 36.2 Å². The molecule has 1 heterocycles. The molecule has 168 valence electrons. The highest BCUT2D eigenvalue weighted by atomic mass is 16.3. The number of ketones is 2. The number of hydrogen-bond donors (Lipinski definition) is 2. The maximum Gasteiger partial charge on any atom is 0.235 e. The van der Waals surface area contributed by atoms with Crippen molar-refractivity contribution in [1.82, 2.24) is 4.98 Å². The van der Waals surface area contributed by atoms with Crippen molar-refractivity contribution < 1.29 is 19.8 Å². The number of fused-ring (bicyclic) bond motifs is 4. The molecule has 0 fully saturated rings. The van der Waals surface area contributed by atoms with E-state index in [0.717, 1.165) is 10.9 Å². The van der Waals surface area contributed by atoms with Crippen molar-refractivity contribution in [2.45, 2.75) is 6.92 Å². The summed E-state index contributed by atoms with van der Waals surface area (Å²) in [7, 11) is 0. The van der Waals surface area contributed by atoms with Crippen molar-refractivity contribution in [1.29, 1.82) is 0 Å². The number of rotatable bonds is 2. The lowest BCUT2D eigenvalue weighted by Crippen LogP contribution is -2.23. The van der Waals surface area contributed by atoms with Gasteiger partial charge in [0.25, 0.3) is 0 Å². The summed E-state index contributed by atoms with van der Waals surface area (Å²) < 4.78 is 0. The van der Waals surface area contributed by atoms with E-state index >= 15 is 0 Å². The second-order valence-electron chi connectivity index (χ2n) is 8.67. The summed E-state index contributed by atoms with van der Waals surface area (Å²) in [6.07, 6.45) is 0. The molecule has 0 spiro atoms. The van der Waals surface area contributed by atoms with Gasteiger partial charge >= 0.3 is 0 Å². The Labute approximate surface area is 201 Å². The molecule has 2 N–H and O–H groups in total. The molecule has 5 aromatic rings. The van der Waals surface area contributed by atoms with Crippen molar-refractivity contribution in [3.8, 4) is 45.0 Å². The minimum atomic E-state index is -0.787. The topological polar surface area (TPSA) is 87.5 Å². The average Bonchev–Trinajstić information content (AvgIpc) is 2.87. The molecule has 1 aromatic heterocycles. The van der Waals surface area contributed by atoms with E-state index in [1.54, 1.807) is 54.6 Å². The van der Waals surface area contributed by atoms with E-state index in [1.165, 1.54) is 0 Å². The summed E-state index contributed by atoms with van der Waals surface area (Å²) in [5.74, 6) is -2.05. The Hall–Kier alpha value is -4.77. The van der Waals surface area contributed by atoms with E-state index in [2.05, 4.69) is 0 Å². The Bertz CT molecular complexity index is 1690. The maximum absolute atomic E-state index is 13.5. The van der Waals surface area contributed by atoms with Crippen molar-refractivity contribution in [3.05, 3.63) is 102 Å². The number of aromatic hydroxyl groups is 2. The number of aryl methyl sites for hydroxylation is 1. The van der Waals surface area contributed by atoms with Gasteiger partial charge in [-0.2, -0.15) is 0 Å². The Morgan fingerprint density at radius 3 is 1.89 bits per heavy atom. The number of carbonyl (C=O) groups is 2. The second kappa shape index (κ2) is 7.64. The van der Waals surface area contributed by atoms with Crippen LogP contribution in [0.1, 0.15) is 26.3 Å². The van der Waals surface area contributed by atoms with Gasteiger partial charge in [-0.15, -0.1) is 0 Å². The number of hydrogen-bond acceptors (Lipinski definition) is 5. The summed E-state index contributed by atoms with van der Waals surface area (Å²) in [6.45, 7) is 1.94. The zero-order valence-corrected chi connectivity index (χ0v) is 18.7. The van der Waals surface area contributed by atoms with E-state index in [-0.39, 0.29) is 45.0 Å². The molecule has 1 aliphatic carbocycles. The molecule has 0 amide bonds. The molecular formula is C30H19NO4. The number of pyridine rings is 1. The normalized spacial score (nSPS) is 12.5. The van der Waals surface area contributed by atoms with E-state index in [0.29, 0.717) is 16.6 Å². The Kier molecular flexibility index (Phi) is 4.54. The first-order valence-electron chi connectivity index (χ1n) is 11.2. The lowest BCUT2D eigenvalue weighted by molar-refractivity contribution is 0.0815. The summed E-state index contributed by atoms with van der Waals surface area (Å²) in [4.78, 5) is 31.6. The molecule has 0 unspecified atom stereocenters. The first-order valence-corrected chi connectivity index (χ1v) is 11.2. The van der Waals surface area contributed by atoms with Gasteiger partial charge in [-0.3, -0.25) is 9.59 Å². The van der Waals surface area contributed by atoms with Gasteiger partial charge < -0.3 is 10.2 Å². The van der Waals surface area contributed by atoms with Gasteiger partial charge in [0.2, 0.25) is 11.6 Å². The number of phenolic OH excluding ortho intramolecular Hbond substituents is 2. The molecule has 4 aromatic carbocycles. The second-order valence-corrected chi connectivity index (χ2v) is 8.67. The number of aromatic nitrogens is 1. The first-order chi connectivity index (χ1) is 17.0. The fraction of sp³-hybridized carbons (Fsp3) is 0.0333. The van der Waals surface area contributed by atoms with Gasteiger partial charge in [-0.25, -0.2) is 4.98 Å². The van der Waals surface area contributed by atoms with Crippen molar-refractivity contribution in [3.63, 3.8) is 0 Å². The smallest absolute Gasteiger partial charge is 0.235 e. The van der Waals surface area contributed by atoms with Crippen molar-refractivity contribution >= 4 is 22.5 Å². The van der Waals surface area contributed by atoms with Gasteiger partial charge in [0.15, 0.2) is 0 Å². The van der Waals surface area contributed by atoms with Crippen LogP contribution >= 0.6 is 0 Å². The zero-order chi connectivity index (χ0) is 24.3. The third-order valence-corrected chi connectivity index (χ3v) is 6.46. The van der Waals surface area contributed by atoms with Gasteiger partial charge in [0.1, 0.15) is 11.5 Å². The number of carbonyl (C=O) groups excluding carboxylic acids is 2. The molecule has 0 saturated carbocycles. The maximum atomic E-state index is 13.5. The van der Waals surface area contributed by atoms with Crippen LogP contribution < -0.4 is 0 Å². The van der Waals surface area contributed by atoms with E-state index in [1.807, 2.05) is 37.3 Å². The fourth-order valence-corrected chi connectivity index (χ4v) is 4.84. The molecule has 0 bridgehead atoms. The minimum Gasteiger partial charge on any atom is -0.506 e. The highest BCUT2D eigenvalue weighted by Gasteiger charge is 2.39. The van der Waals surface area contributed by atoms with E-state index in [9.17, 15) is 19.8 Å². The van der Waals surface area contributed by atoms with E-state index < -0.39 is 11.6 Å². The fourth-order valence-electron chi connectivity index (χ4n) is 4.84. The van der Waals surface area contributed by atoms with Crippen LogP contribution in [-0.2, 0) is 0 Å². The van der Waals surface area contributed by atoms with Crippen molar-refractivity contribution in [2.24, 2.45) is 0 Å². The first kappa shape index (κ1) is 20.8. The lowest BCUT2D eigenvalue weighted by atomic mass is 9.79. The molecule has 0 atom stereocenters. The highest BCUT2D eigenvalue weighted by molar-refractivity contribution is 6.54. The Balaban J connectivity index is 1.80. The average molecular weight is 457 g/mol. The summed E-state index contributed by atoms with van der Waals surface area (Å²) >= 11 is 0. The SMILES string of the molecule is Cc1ccc2nc3c(cc2c1)C(=O)C(=O)c1c(-c2ccccc2)c(O)c(-c2ccccc2)c(O)c1-3. The lowest BCUT2D eigenvalue weighted by Gasteiger charge is -2.25. The van der Waals surface area contributed by atoms with Crippen LogP contribution in [0.5, 0.6) is 11.5 Å². The molecule has 5 nitrogen and oxygen atoms in total. The predicted octanol–water partition coefficient (Wildman–Crippen LogP) is 6.33. The number of benzene rings is 4. The summed E-state index contributed by atoms with van der Waals surface area (Å²) in [5.41, 5.74) is 3.63. The molecule has 1 aliphatic rings. The zero-order valence-electron chi connectivity index (χ0n) is 18.7. The summed E-state index contributed by atoms with van der Waals surface area (Å²) in [5, 5.41) is 23.7. The molecular weight excluding hydrogens is 438 g/mol. The largest absolute Gasteiger partial charge is 0.506 e. The van der Waals surface area contributed by atoms with Crippen LogP contribution in [0.2, 0.25) is 0 Å². The third kappa shape index (κ3) is 3.05. The number of nitrogens with zero attached hydrogens (tertiary/aromatic N) is 1. The van der Waals surface area contributed by atoms with Crippen LogP contribution in [0.15, 0.2) is 84.9 Å². The van der Waals surface area contributed by atoms with Crippen LogP contribution in [0.25, 0.3) is 44.4 Å². The van der Waals surface area contributed by atoms with Crippen LogP contribution in [0, 0.1) is 6.92 Å². The van der Waals surface area contributed by atoms with Gasteiger partial charge in [0, 0.05) is 10.9 Å². The van der Waals surface area contributed by atoms with Crippen LogP contribution in [0.3, 0.4) is 0 Å². The van der Waals surface area contributed by atoms with Gasteiger partial charge in [0.05, 0.1) is 33.5 Å². The molecule has 35 heavy (non-hydrogen) atoms. The molecule has 0 aliphatic heterocycles. The highest BCUT2D eigenvalue weighted by Crippen LogP contribution is 2.53. The molecule has 6 rings (SSSR count).